The highest BCUT2D eigenvalue weighted by Crippen LogP contribution is 2.23. The second kappa shape index (κ2) is 7.63. The summed E-state index contributed by atoms with van der Waals surface area (Å²) < 4.78 is 4.86. The Hall–Kier alpha value is -0.610. The SMILES string of the molecule is COCCNC(=O)CNC1CCC(C)CC1. The lowest BCUT2D eigenvalue weighted by Crippen LogP contribution is -2.41. The third-order valence-electron chi connectivity index (χ3n) is 3.20. The summed E-state index contributed by atoms with van der Waals surface area (Å²) in [5.41, 5.74) is 0. The molecule has 0 aromatic carbocycles. The van der Waals surface area contributed by atoms with E-state index in [1.807, 2.05) is 0 Å². The molecule has 0 saturated heterocycles. The van der Waals surface area contributed by atoms with Crippen molar-refractivity contribution >= 4 is 5.91 Å². The van der Waals surface area contributed by atoms with Gasteiger partial charge in [-0.05, 0) is 31.6 Å². The maximum absolute atomic E-state index is 11.4. The number of hydrogen-bond acceptors (Lipinski definition) is 3. The van der Waals surface area contributed by atoms with Crippen LogP contribution in [0.1, 0.15) is 32.6 Å². The van der Waals surface area contributed by atoms with Gasteiger partial charge in [-0.15, -0.1) is 0 Å². The summed E-state index contributed by atoms with van der Waals surface area (Å²) in [4.78, 5) is 11.4. The number of ether oxygens (including phenoxy) is 1. The average Bonchev–Trinajstić information content (AvgIpc) is 2.29. The predicted octanol–water partition coefficient (Wildman–Crippen LogP) is 0.917. The summed E-state index contributed by atoms with van der Waals surface area (Å²) in [7, 11) is 1.63. The van der Waals surface area contributed by atoms with Gasteiger partial charge in [0.1, 0.15) is 0 Å². The van der Waals surface area contributed by atoms with Crippen LogP contribution >= 0.6 is 0 Å². The first-order valence-corrected chi connectivity index (χ1v) is 6.21. The van der Waals surface area contributed by atoms with E-state index in [9.17, 15) is 4.79 Å². The molecule has 0 atom stereocenters. The van der Waals surface area contributed by atoms with Gasteiger partial charge in [0.25, 0.3) is 0 Å². The largest absolute Gasteiger partial charge is 0.383 e. The van der Waals surface area contributed by atoms with Crippen molar-refractivity contribution in [2.75, 3.05) is 26.8 Å². The molecule has 0 aliphatic heterocycles. The highest BCUT2D eigenvalue weighted by atomic mass is 16.5. The van der Waals surface area contributed by atoms with Crippen LogP contribution in [0.5, 0.6) is 0 Å². The van der Waals surface area contributed by atoms with Crippen molar-refractivity contribution in [1.29, 1.82) is 0 Å². The van der Waals surface area contributed by atoms with Crippen LogP contribution in [0.15, 0.2) is 0 Å². The van der Waals surface area contributed by atoms with Crippen LogP contribution in [-0.2, 0) is 9.53 Å². The van der Waals surface area contributed by atoms with Crippen molar-refractivity contribution in [3.63, 3.8) is 0 Å². The fourth-order valence-electron chi connectivity index (χ4n) is 2.06. The molecule has 0 aromatic rings. The fourth-order valence-corrected chi connectivity index (χ4v) is 2.06. The van der Waals surface area contributed by atoms with Gasteiger partial charge in [0.05, 0.1) is 13.2 Å². The zero-order valence-electron chi connectivity index (χ0n) is 10.4. The summed E-state index contributed by atoms with van der Waals surface area (Å²) in [6, 6.07) is 0.532. The normalized spacial score (nSPS) is 25.4. The van der Waals surface area contributed by atoms with E-state index in [-0.39, 0.29) is 5.91 Å². The van der Waals surface area contributed by atoms with E-state index in [2.05, 4.69) is 17.6 Å². The topological polar surface area (TPSA) is 50.4 Å². The first kappa shape index (κ1) is 13.5. The molecular formula is C12H24N2O2. The van der Waals surface area contributed by atoms with Gasteiger partial charge in [0, 0.05) is 19.7 Å². The minimum atomic E-state index is 0.0654. The molecule has 0 aromatic heterocycles. The molecule has 1 fully saturated rings. The number of methoxy groups -OCH3 is 1. The molecule has 94 valence electrons. The van der Waals surface area contributed by atoms with Crippen LogP contribution in [-0.4, -0.2) is 38.8 Å². The first-order valence-electron chi connectivity index (χ1n) is 6.21. The Kier molecular flexibility index (Phi) is 6.42. The van der Waals surface area contributed by atoms with Gasteiger partial charge in [0.2, 0.25) is 5.91 Å². The number of carbonyl (C=O) groups is 1. The Morgan fingerprint density at radius 1 is 1.31 bits per heavy atom. The van der Waals surface area contributed by atoms with Crippen molar-refractivity contribution in [2.24, 2.45) is 5.92 Å². The predicted molar refractivity (Wildman–Crippen MR) is 64.3 cm³/mol. The summed E-state index contributed by atoms with van der Waals surface area (Å²) in [5.74, 6) is 0.921. The van der Waals surface area contributed by atoms with Crippen LogP contribution in [0, 0.1) is 5.92 Å². The van der Waals surface area contributed by atoms with Crippen LogP contribution in [0.25, 0.3) is 0 Å². The molecule has 2 N–H and O–H groups in total. The molecule has 4 nitrogen and oxygen atoms in total. The van der Waals surface area contributed by atoms with Crippen molar-refractivity contribution < 1.29 is 9.53 Å². The quantitative estimate of drug-likeness (QED) is 0.665. The lowest BCUT2D eigenvalue weighted by Gasteiger charge is -2.26. The molecular weight excluding hydrogens is 204 g/mol. The molecule has 0 spiro atoms. The Labute approximate surface area is 98.1 Å². The maximum Gasteiger partial charge on any atom is 0.234 e. The molecule has 0 radical (unpaired) electrons. The Morgan fingerprint density at radius 3 is 2.62 bits per heavy atom. The van der Waals surface area contributed by atoms with Gasteiger partial charge in [0.15, 0.2) is 0 Å². The van der Waals surface area contributed by atoms with E-state index in [0.717, 1.165) is 5.92 Å². The molecule has 1 saturated carbocycles. The molecule has 1 aliphatic carbocycles. The zero-order valence-corrected chi connectivity index (χ0v) is 10.4. The smallest absolute Gasteiger partial charge is 0.234 e. The number of nitrogens with one attached hydrogen (secondary N) is 2. The molecule has 1 rings (SSSR count). The lowest BCUT2D eigenvalue weighted by atomic mass is 9.87. The highest BCUT2D eigenvalue weighted by molar-refractivity contribution is 5.77. The van der Waals surface area contributed by atoms with E-state index in [4.69, 9.17) is 4.74 Å². The number of carbonyl (C=O) groups excluding carboxylic acids is 1. The summed E-state index contributed by atoms with van der Waals surface area (Å²) >= 11 is 0. The van der Waals surface area contributed by atoms with Gasteiger partial charge in [-0.25, -0.2) is 0 Å². The van der Waals surface area contributed by atoms with Crippen molar-refractivity contribution in [3.05, 3.63) is 0 Å². The fraction of sp³-hybridized carbons (Fsp3) is 0.917. The monoisotopic (exact) mass is 228 g/mol. The Morgan fingerprint density at radius 2 is 2.00 bits per heavy atom. The molecule has 1 amide bonds. The molecule has 4 heteroatoms. The van der Waals surface area contributed by atoms with E-state index in [0.29, 0.717) is 25.7 Å². The minimum absolute atomic E-state index is 0.0654. The second-order valence-electron chi connectivity index (χ2n) is 4.68. The van der Waals surface area contributed by atoms with Crippen LogP contribution in [0.2, 0.25) is 0 Å². The molecule has 16 heavy (non-hydrogen) atoms. The standard InChI is InChI=1S/C12H24N2O2/c1-10-3-5-11(6-4-10)14-9-12(15)13-7-8-16-2/h10-11,14H,3-9H2,1-2H3,(H,13,15). The van der Waals surface area contributed by atoms with Crippen LogP contribution in [0.4, 0.5) is 0 Å². The van der Waals surface area contributed by atoms with E-state index in [1.165, 1.54) is 25.7 Å². The second-order valence-corrected chi connectivity index (χ2v) is 4.68. The van der Waals surface area contributed by atoms with E-state index >= 15 is 0 Å². The van der Waals surface area contributed by atoms with Crippen LogP contribution in [0.3, 0.4) is 0 Å². The Bertz CT molecular complexity index is 201. The zero-order chi connectivity index (χ0) is 11.8. The van der Waals surface area contributed by atoms with Gasteiger partial charge in [-0.2, -0.15) is 0 Å². The number of amides is 1. The van der Waals surface area contributed by atoms with Crippen molar-refractivity contribution in [3.8, 4) is 0 Å². The van der Waals surface area contributed by atoms with Crippen molar-refractivity contribution in [2.45, 2.75) is 38.6 Å². The van der Waals surface area contributed by atoms with Gasteiger partial charge < -0.3 is 15.4 Å². The third kappa shape index (κ3) is 5.47. The van der Waals surface area contributed by atoms with E-state index in [1.54, 1.807) is 7.11 Å². The minimum Gasteiger partial charge on any atom is -0.383 e. The Balaban J connectivity index is 2.03. The maximum atomic E-state index is 11.4. The van der Waals surface area contributed by atoms with Crippen molar-refractivity contribution in [1.82, 2.24) is 10.6 Å². The van der Waals surface area contributed by atoms with E-state index < -0.39 is 0 Å². The summed E-state index contributed by atoms with van der Waals surface area (Å²) in [6.07, 6.45) is 4.96. The lowest BCUT2D eigenvalue weighted by molar-refractivity contribution is -0.120. The summed E-state index contributed by atoms with van der Waals surface area (Å²) in [6.45, 7) is 3.90. The highest BCUT2D eigenvalue weighted by Gasteiger charge is 2.17. The summed E-state index contributed by atoms with van der Waals surface area (Å²) in [5, 5.41) is 6.12. The third-order valence-corrected chi connectivity index (χ3v) is 3.20. The molecule has 0 heterocycles. The molecule has 0 unspecified atom stereocenters. The average molecular weight is 228 g/mol. The van der Waals surface area contributed by atoms with Crippen LogP contribution < -0.4 is 10.6 Å². The first-order chi connectivity index (χ1) is 7.72. The number of hydrogen-bond donors (Lipinski definition) is 2. The number of rotatable bonds is 6. The molecule has 1 aliphatic rings. The molecule has 0 bridgehead atoms. The van der Waals surface area contributed by atoms with Gasteiger partial charge in [-0.3, -0.25) is 4.79 Å². The van der Waals surface area contributed by atoms with Gasteiger partial charge in [-0.1, -0.05) is 6.92 Å². The van der Waals surface area contributed by atoms with Gasteiger partial charge >= 0.3 is 0 Å².